The fraction of sp³-hybridized carbons (Fsp3) is 0.909. The first-order chi connectivity index (χ1) is 8.66. The van der Waals surface area contributed by atoms with Crippen LogP contribution in [0, 0.1) is 0 Å². The summed E-state index contributed by atoms with van der Waals surface area (Å²) in [6, 6.07) is 0. The summed E-state index contributed by atoms with van der Waals surface area (Å²) >= 11 is 0. The largest absolute Gasteiger partial charge is 0.477 e. The Kier molecular flexibility index (Phi) is 3.58. The highest BCUT2D eigenvalue weighted by molar-refractivity contribution is 5.76. The first kappa shape index (κ1) is 14.6. The predicted octanol–water partition coefficient (Wildman–Crippen LogP) is -0.967. The molecule has 110 valence electrons. The van der Waals surface area contributed by atoms with Gasteiger partial charge in [-0.15, -0.1) is 0 Å². The van der Waals surface area contributed by atoms with Crippen molar-refractivity contribution < 1.29 is 39.1 Å². The van der Waals surface area contributed by atoms with E-state index in [4.69, 9.17) is 24.1 Å². The fourth-order valence-electron chi connectivity index (χ4n) is 2.25. The molecule has 1 unspecified atom stereocenters. The van der Waals surface area contributed by atoms with Crippen molar-refractivity contribution in [3.05, 3.63) is 0 Å². The number of hydrogen-bond acceptors (Lipinski definition) is 7. The lowest BCUT2D eigenvalue weighted by atomic mass is 9.99. The van der Waals surface area contributed by atoms with Crippen molar-refractivity contribution >= 4 is 5.97 Å². The highest BCUT2D eigenvalue weighted by atomic mass is 16.8. The van der Waals surface area contributed by atoms with Crippen molar-refractivity contribution in [3.8, 4) is 0 Å². The zero-order chi connectivity index (χ0) is 14.4. The molecule has 0 bridgehead atoms. The van der Waals surface area contributed by atoms with Crippen LogP contribution in [-0.4, -0.2) is 64.1 Å². The Labute approximate surface area is 109 Å². The Balaban J connectivity index is 2.28. The Hall–Kier alpha value is -0.770. The molecule has 2 rings (SSSR count). The molecule has 0 aromatic rings. The van der Waals surface area contributed by atoms with E-state index in [-0.39, 0.29) is 6.61 Å². The SMILES string of the molecule is CC1OC[C@H](O)[C@H]([C@@H]2OC(C)(C)O[C@]2(O)C(=O)O)O1. The maximum absolute atomic E-state index is 11.2. The minimum atomic E-state index is -2.58. The summed E-state index contributed by atoms with van der Waals surface area (Å²) in [6.45, 7) is 4.49. The lowest BCUT2D eigenvalue weighted by Crippen LogP contribution is -2.59. The van der Waals surface area contributed by atoms with E-state index >= 15 is 0 Å². The molecule has 0 aliphatic carbocycles. The number of ether oxygens (including phenoxy) is 4. The van der Waals surface area contributed by atoms with Crippen LogP contribution in [0.5, 0.6) is 0 Å². The van der Waals surface area contributed by atoms with Crippen LogP contribution in [0.15, 0.2) is 0 Å². The molecule has 0 aromatic heterocycles. The van der Waals surface area contributed by atoms with Gasteiger partial charge in [0.15, 0.2) is 18.2 Å². The zero-order valence-corrected chi connectivity index (χ0v) is 10.9. The number of aliphatic hydroxyl groups excluding tert-OH is 1. The number of carboxylic acids is 1. The summed E-state index contributed by atoms with van der Waals surface area (Å²) in [5, 5.41) is 29.1. The van der Waals surface area contributed by atoms with Crippen molar-refractivity contribution in [1.82, 2.24) is 0 Å². The molecule has 0 saturated carbocycles. The number of carbonyl (C=O) groups is 1. The topological polar surface area (TPSA) is 115 Å². The van der Waals surface area contributed by atoms with Crippen LogP contribution in [0.4, 0.5) is 0 Å². The molecule has 2 aliphatic heterocycles. The van der Waals surface area contributed by atoms with Gasteiger partial charge in [-0.1, -0.05) is 0 Å². The summed E-state index contributed by atoms with van der Waals surface area (Å²) in [5.41, 5.74) is 0. The third-order valence-electron chi connectivity index (χ3n) is 3.03. The van der Waals surface area contributed by atoms with E-state index in [1.165, 1.54) is 13.8 Å². The average molecular weight is 278 g/mol. The molecule has 3 N–H and O–H groups in total. The van der Waals surface area contributed by atoms with Gasteiger partial charge in [0.2, 0.25) is 0 Å². The van der Waals surface area contributed by atoms with Crippen molar-refractivity contribution in [1.29, 1.82) is 0 Å². The van der Waals surface area contributed by atoms with Crippen LogP contribution < -0.4 is 0 Å². The Morgan fingerprint density at radius 1 is 1.37 bits per heavy atom. The number of carboxylic acid groups (broad SMARTS) is 1. The van der Waals surface area contributed by atoms with E-state index in [0.29, 0.717) is 0 Å². The third-order valence-corrected chi connectivity index (χ3v) is 3.03. The van der Waals surface area contributed by atoms with E-state index in [9.17, 15) is 15.0 Å². The van der Waals surface area contributed by atoms with Gasteiger partial charge in [0.1, 0.15) is 12.2 Å². The monoisotopic (exact) mass is 278 g/mol. The van der Waals surface area contributed by atoms with Gasteiger partial charge < -0.3 is 34.3 Å². The number of rotatable bonds is 2. The molecule has 0 aromatic carbocycles. The summed E-state index contributed by atoms with van der Waals surface area (Å²) in [7, 11) is 0. The molecule has 2 fully saturated rings. The van der Waals surface area contributed by atoms with Gasteiger partial charge in [0, 0.05) is 0 Å². The number of aliphatic hydroxyl groups is 2. The van der Waals surface area contributed by atoms with Crippen LogP contribution in [-0.2, 0) is 23.7 Å². The van der Waals surface area contributed by atoms with Gasteiger partial charge >= 0.3 is 5.97 Å². The van der Waals surface area contributed by atoms with Gasteiger partial charge in [-0.25, -0.2) is 4.79 Å². The van der Waals surface area contributed by atoms with E-state index < -0.39 is 42.1 Å². The maximum atomic E-state index is 11.2. The zero-order valence-electron chi connectivity index (χ0n) is 10.9. The van der Waals surface area contributed by atoms with Gasteiger partial charge in [-0.2, -0.15) is 0 Å². The van der Waals surface area contributed by atoms with Crippen LogP contribution in [0.25, 0.3) is 0 Å². The summed E-state index contributed by atoms with van der Waals surface area (Å²) in [5.74, 6) is -5.48. The Morgan fingerprint density at radius 3 is 2.58 bits per heavy atom. The van der Waals surface area contributed by atoms with Crippen molar-refractivity contribution in [2.45, 2.75) is 56.9 Å². The number of hydrogen-bond donors (Lipinski definition) is 3. The predicted molar refractivity (Wildman–Crippen MR) is 58.9 cm³/mol. The molecule has 0 spiro atoms. The van der Waals surface area contributed by atoms with E-state index in [1.54, 1.807) is 6.92 Å². The van der Waals surface area contributed by atoms with Gasteiger partial charge in [-0.05, 0) is 20.8 Å². The standard InChI is InChI=1S/C11H18O8/c1-5-16-4-6(12)7(17-5)8-11(15,9(13)14)19-10(2,3)18-8/h5-8,12,15H,4H2,1-3H3,(H,13,14)/t5?,6-,7+,8-,11-/m0/s1. The van der Waals surface area contributed by atoms with Gasteiger partial charge in [0.05, 0.1) is 6.61 Å². The van der Waals surface area contributed by atoms with Crippen molar-refractivity contribution in [2.24, 2.45) is 0 Å². The summed E-state index contributed by atoms with van der Waals surface area (Å²) in [4.78, 5) is 11.2. The number of aliphatic carboxylic acids is 1. The van der Waals surface area contributed by atoms with Crippen molar-refractivity contribution in [3.63, 3.8) is 0 Å². The average Bonchev–Trinajstić information content (AvgIpc) is 2.53. The second-order valence-electron chi connectivity index (χ2n) is 5.11. The van der Waals surface area contributed by atoms with Gasteiger partial charge in [-0.3, -0.25) is 0 Å². The van der Waals surface area contributed by atoms with E-state index in [1.807, 2.05) is 0 Å². The molecule has 5 atom stereocenters. The molecule has 19 heavy (non-hydrogen) atoms. The normalized spacial score (nSPS) is 46.2. The second-order valence-corrected chi connectivity index (χ2v) is 5.11. The first-order valence-corrected chi connectivity index (χ1v) is 5.94. The van der Waals surface area contributed by atoms with E-state index in [0.717, 1.165) is 0 Å². The van der Waals surface area contributed by atoms with E-state index in [2.05, 4.69) is 0 Å². The Morgan fingerprint density at radius 2 is 2.00 bits per heavy atom. The summed E-state index contributed by atoms with van der Waals surface area (Å²) in [6.07, 6.45) is -4.18. The molecule has 0 amide bonds. The smallest absolute Gasteiger partial charge is 0.367 e. The van der Waals surface area contributed by atoms with Crippen LogP contribution in [0.1, 0.15) is 20.8 Å². The molecule has 8 heteroatoms. The first-order valence-electron chi connectivity index (χ1n) is 5.94. The Bertz CT molecular complexity index is 370. The third kappa shape index (κ3) is 2.60. The minimum absolute atomic E-state index is 0.0399. The van der Waals surface area contributed by atoms with Crippen molar-refractivity contribution in [2.75, 3.05) is 6.61 Å². The van der Waals surface area contributed by atoms with Crippen LogP contribution >= 0.6 is 0 Å². The van der Waals surface area contributed by atoms with Crippen LogP contribution in [0.3, 0.4) is 0 Å². The molecular weight excluding hydrogens is 260 g/mol. The minimum Gasteiger partial charge on any atom is -0.477 e. The molecule has 2 saturated heterocycles. The van der Waals surface area contributed by atoms with Gasteiger partial charge in [0.25, 0.3) is 5.79 Å². The molecule has 8 nitrogen and oxygen atoms in total. The lowest BCUT2D eigenvalue weighted by molar-refractivity contribution is -0.285. The molecule has 2 aliphatic rings. The quantitative estimate of drug-likeness (QED) is 0.591. The highest BCUT2D eigenvalue weighted by Crippen LogP contribution is 2.39. The summed E-state index contributed by atoms with van der Waals surface area (Å²) < 4.78 is 20.8. The molecule has 2 heterocycles. The lowest BCUT2D eigenvalue weighted by Gasteiger charge is -2.37. The second kappa shape index (κ2) is 4.65. The molecular formula is C11H18O8. The fourth-order valence-corrected chi connectivity index (χ4v) is 2.25. The van der Waals surface area contributed by atoms with Crippen LogP contribution in [0.2, 0.25) is 0 Å². The molecule has 0 radical (unpaired) electrons. The maximum Gasteiger partial charge on any atom is 0.367 e. The highest BCUT2D eigenvalue weighted by Gasteiger charge is 2.62.